The first-order chi connectivity index (χ1) is 14.0. The molecule has 0 unspecified atom stereocenters. The summed E-state index contributed by atoms with van der Waals surface area (Å²) in [6.45, 7) is 4.99. The van der Waals surface area contributed by atoms with Crippen molar-refractivity contribution in [2.75, 3.05) is 6.54 Å². The Kier molecular flexibility index (Phi) is 6.83. The zero-order valence-electron chi connectivity index (χ0n) is 16.9. The zero-order valence-corrected chi connectivity index (χ0v) is 18.5. The van der Waals surface area contributed by atoms with E-state index in [2.05, 4.69) is 59.3 Å². The summed E-state index contributed by atoms with van der Waals surface area (Å²) in [7, 11) is -3.62. The Morgan fingerprint density at radius 2 is 1.57 bits per heavy atom. The highest BCUT2D eigenvalue weighted by Crippen LogP contribution is 2.29. The Bertz CT molecular complexity index is 1270. The number of fused-ring (bicyclic) bond motifs is 3. The van der Waals surface area contributed by atoms with Gasteiger partial charge in [0.25, 0.3) is 0 Å². The number of para-hydroxylation sites is 1. The Balaban J connectivity index is 0.00000256. The number of sulfonamides is 1. The molecule has 0 atom stereocenters. The quantitative estimate of drug-likeness (QED) is 0.387. The lowest BCUT2D eigenvalue weighted by atomic mass is 10.1. The third-order valence-corrected chi connectivity index (χ3v) is 6.35. The molecule has 1 aromatic heterocycles. The van der Waals surface area contributed by atoms with Crippen LogP contribution >= 0.6 is 0 Å². The molecule has 3 aromatic carbocycles. The number of halogens is 1. The number of aryl methyl sites for hydroxylation is 1. The summed E-state index contributed by atoms with van der Waals surface area (Å²) >= 11 is 0. The van der Waals surface area contributed by atoms with E-state index in [-0.39, 0.29) is 17.3 Å². The summed E-state index contributed by atoms with van der Waals surface area (Å²) < 4.78 is 25.0. The van der Waals surface area contributed by atoms with Gasteiger partial charge in [0.15, 0.2) is 0 Å². The van der Waals surface area contributed by atoms with Crippen LogP contribution < -0.4 is 22.9 Å². The summed E-state index contributed by atoms with van der Waals surface area (Å²) in [5, 5.41) is 10.0. The van der Waals surface area contributed by atoms with Gasteiger partial charge in [0.1, 0.15) is 6.54 Å². The minimum atomic E-state index is -3.62. The summed E-state index contributed by atoms with van der Waals surface area (Å²) in [5.74, 6) is 0. The summed E-state index contributed by atoms with van der Waals surface area (Å²) in [6, 6.07) is 22.1. The van der Waals surface area contributed by atoms with Gasteiger partial charge in [-0.15, -0.1) is 0 Å². The second-order valence-corrected chi connectivity index (χ2v) is 8.89. The largest absolute Gasteiger partial charge is 1.00 e. The van der Waals surface area contributed by atoms with Gasteiger partial charge in [-0.3, -0.25) is 0 Å². The van der Waals surface area contributed by atoms with Gasteiger partial charge in [0.05, 0.1) is 11.4 Å². The lowest BCUT2D eigenvalue weighted by Gasteiger charge is -2.05. The number of nitrogens with zero attached hydrogens (tertiary/aromatic N) is 1. The number of rotatable bonds is 7. The smallest absolute Gasteiger partial charge is 0.238 e. The first-order valence-electron chi connectivity index (χ1n) is 9.90. The van der Waals surface area contributed by atoms with Crippen LogP contribution in [0.3, 0.4) is 0 Å². The highest BCUT2D eigenvalue weighted by atomic mass is 35.5. The van der Waals surface area contributed by atoms with Gasteiger partial charge in [-0.1, -0.05) is 36.4 Å². The highest BCUT2D eigenvalue weighted by Gasteiger charge is 2.10. The van der Waals surface area contributed by atoms with E-state index in [1.54, 1.807) is 12.1 Å². The Morgan fingerprint density at radius 1 is 0.900 bits per heavy atom. The number of primary sulfonamides is 1. The predicted molar refractivity (Wildman–Crippen MR) is 117 cm³/mol. The Labute approximate surface area is 183 Å². The third-order valence-electron chi connectivity index (χ3n) is 5.42. The van der Waals surface area contributed by atoms with Crippen molar-refractivity contribution in [2.45, 2.75) is 31.3 Å². The second kappa shape index (κ2) is 9.18. The molecule has 0 aliphatic heterocycles. The van der Waals surface area contributed by atoms with Gasteiger partial charge in [-0.2, -0.15) is 0 Å². The van der Waals surface area contributed by atoms with Crippen molar-refractivity contribution in [1.82, 2.24) is 4.57 Å². The molecule has 0 bridgehead atoms. The topological polar surface area (TPSA) is 81.7 Å². The van der Waals surface area contributed by atoms with E-state index in [9.17, 15) is 8.42 Å². The molecule has 4 rings (SSSR count). The van der Waals surface area contributed by atoms with Crippen molar-refractivity contribution in [3.05, 3.63) is 77.9 Å². The van der Waals surface area contributed by atoms with Gasteiger partial charge >= 0.3 is 0 Å². The monoisotopic (exact) mass is 443 g/mol. The number of aromatic nitrogens is 1. The molecule has 158 valence electrons. The maximum atomic E-state index is 11.3. The van der Waals surface area contributed by atoms with E-state index < -0.39 is 10.0 Å². The summed E-state index contributed by atoms with van der Waals surface area (Å²) in [5.41, 5.74) is 4.98. The fraction of sp³-hybridized carbons (Fsp3) is 0.217. The first kappa shape index (κ1) is 22.3. The number of benzene rings is 3. The molecule has 0 saturated heterocycles. The summed E-state index contributed by atoms with van der Waals surface area (Å²) in [4.78, 5) is 0.157. The molecule has 7 heteroatoms. The van der Waals surface area contributed by atoms with Crippen LogP contribution in [-0.4, -0.2) is 19.5 Å². The molecule has 0 radical (unpaired) electrons. The Hall–Kier alpha value is -2.38. The van der Waals surface area contributed by atoms with Crippen LogP contribution in [0.5, 0.6) is 0 Å². The molecule has 5 nitrogen and oxygen atoms in total. The molecule has 0 aliphatic rings. The van der Waals surface area contributed by atoms with Gasteiger partial charge in [-0.25, -0.2) is 13.6 Å². The average Bonchev–Trinajstić information content (AvgIpc) is 3.04. The van der Waals surface area contributed by atoms with Gasteiger partial charge in [0, 0.05) is 40.3 Å². The van der Waals surface area contributed by atoms with E-state index in [0.29, 0.717) is 0 Å². The standard InChI is InChI=1S/C23H25N3O2S.ClH/c1-2-26-22-6-4-3-5-20(22)21-15-18(9-12-23(21)26)16-25-14-13-17-7-10-19(11-8-17)29(24,27)28;/h3-12,15,25H,2,13-14,16H2,1H3,(H2,24,27,28);1H. The number of nitrogens with two attached hydrogens (primary N) is 2. The second-order valence-electron chi connectivity index (χ2n) is 7.33. The predicted octanol–water partition coefficient (Wildman–Crippen LogP) is -0.228. The van der Waals surface area contributed by atoms with Crippen LogP contribution in [0, 0.1) is 0 Å². The lowest BCUT2D eigenvalue weighted by Crippen LogP contribution is -3.00. The van der Waals surface area contributed by atoms with Crippen LogP contribution in [0.2, 0.25) is 0 Å². The molecule has 0 fully saturated rings. The van der Waals surface area contributed by atoms with Crippen molar-refractivity contribution in [3.8, 4) is 0 Å². The third kappa shape index (κ3) is 4.52. The minimum absolute atomic E-state index is 0. The highest BCUT2D eigenvalue weighted by molar-refractivity contribution is 7.89. The first-order valence-corrected chi connectivity index (χ1v) is 11.5. The van der Waals surface area contributed by atoms with E-state index in [4.69, 9.17) is 5.14 Å². The fourth-order valence-corrected chi connectivity index (χ4v) is 4.47. The molecule has 1 heterocycles. The van der Waals surface area contributed by atoms with Crippen LogP contribution in [-0.2, 0) is 29.5 Å². The molecule has 0 amide bonds. The molecule has 30 heavy (non-hydrogen) atoms. The van der Waals surface area contributed by atoms with E-state index in [1.165, 1.54) is 27.4 Å². The van der Waals surface area contributed by atoms with E-state index >= 15 is 0 Å². The molecule has 4 N–H and O–H groups in total. The zero-order chi connectivity index (χ0) is 20.4. The number of hydrogen-bond acceptors (Lipinski definition) is 2. The molecule has 0 aliphatic carbocycles. The minimum Gasteiger partial charge on any atom is -1.00 e. The maximum Gasteiger partial charge on any atom is 0.238 e. The van der Waals surface area contributed by atoms with E-state index in [1.807, 2.05) is 12.1 Å². The number of quaternary nitrogens is 1. The molecule has 0 saturated carbocycles. The van der Waals surface area contributed by atoms with Crippen molar-refractivity contribution < 1.29 is 26.1 Å². The number of hydrogen-bond donors (Lipinski definition) is 2. The van der Waals surface area contributed by atoms with Crippen LogP contribution in [0.25, 0.3) is 21.8 Å². The van der Waals surface area contributed by atoms with Crippen molar-refractivity contribution >= 4 is 31.8 Å². The molecule has 0 spiro atoms. The van der Waals surface area contributed by atoms with Crippen molar-refractivity contribution in [1.29, 1.82) is 0 Å². The average molecular weight is 444 g/mol. The van der Waals surface area contributed by atoms with Crippen LogP contribution in [0.1, 0.15) is 18.1 Å². The van der Waals surface area contributed by atoms with Gasteiger partial charge in [0.2, 0.25) is 10.0 Å². The fourth-order valence-electron chi connectivity index (χ4n) is 3.95. The van der Waals surface area contributed by atoms with Crippen molar-refractivity contribution in [3.63, 3.8) is 0 Å². The normalized spacial score (nSPS) is 11.7. The summed E-state index contributed by atoms with van der Waals surface area (Å²) in [6.07, 6.45) is 0.877. The van der Waals surface area contributed by atoms with E-state index in [0.717, 1.165) is 31.6 Å². The molecular formula is C23H26ClN3O2S. The lowest BCUT2D eigenvalue weighted by molar-refractivity contribution is -0.670. The van der Waals surface area contributed by atoms with Crippen LogP contribution in [0.15, 0.2) is 71.6 Å². The van der Waals surface area contributed by atoms with Crippen molar-refractivity contribution in [2.24, 2.45) is 5.14 Å². The molecule has 4 aromatic rings. The van der Waals surface area contributed by atoms with Gasteiger partial charge < -0.3 is 22.3 Å². The Morgan fingerprint density at radius 3 is 2.27 bits per heavy atom. The SMILES string of the molecule is CCn1c2ccccc2c2cc(C[NH2+]CCc3ccc(S(N)(=O)=O)cc3)ccc21.[Cl-]. The maximum absolute atomic E-state index is 11.3. The van der Waals surface area contributed by atoms with Gasteiger partial charge in [-0.05, 0) is 42.8 Å². The van der Waals surface area contributed by atoms with Crippen LogP contribution in [0.4, 0.5) is 0 Å². The molecular weight excluding hydrogens is 418 g/mol.